The van der Waals surface area contributed by atoms with Gasteiger partial charge in [-0.15, -0.1) is 11.3 Å². The van der Waals surface area contributed by atoms with Gasteiger partial charge in [0.1, 0.15) is 23.1 Å². The lowest BCUT2D eigenvalue weighted by atomic mass is 10.1. The Labute approximate surface area is 162 Å². The van der Waals surface area contributed by atoms with Gasteiger partial charge in [-0.2, -0.15) is 0 Å². The molecule has 1 saturated heterocycles. The highest BCUT2D eigenvalue weighted by Gasteiger charge is 2.29. The zero-order chi connectivity index (χ0) is 18.6. The summed E-state index contributed by atoms with van der Waals surface area (Å²) in [4.78, 5) is 19.0. The lowest BCUT2D eigenvalue weighted by molar-refractivity contribution is -0.129. The molecule has 3 aromatic rings. The fourth-order valence-electron chi connectivity index (χ4n) is 3.29. The molecule has 5 nitrogen and oxygen atoms in total. The maximum atomic E-state index is 12.6. The first-order valence-electron chi connectivity index (χ1n) is 9.11. The van der Waals surface area contributed by atoms with E-state index in [-0.39, 0.29) is 5.91 Å². The Kier molecular flexibility index (Phi) is 5.25. The molecular weight excluding hydrogens is 360 g/mol. The Bertz CT molecular complexity index is 887. The van der Waals surface area contributed by atoms with Crippen LogP contribution >= 0.6 is 11.3 Å². The molecule has 1 unspecified atom stereocenters. The van der Waals surface area contributed by atoms with Crippen molar-refractivity contribution >= 4 is 17.2 Å². The van der Waals surface area contributed by atoms with Gasteiger partial charge >= 0.3 is 0 Å². The van der Waals surface area contributed by atoms with E-state index in [4.69, 9.17) is 9.15 Å². The zero-order valence-electron chi connectivity index (χ0n) is 15.3. The van der Waals surface area contributed by atoms with Crippen molar-refractivity contribution in [2.75, 3.05) is 13.1 Å². The number of thiazole rings is 1. The van der Waals surface area contributed by atoms with Crippen LogP contribution in [-0.2, 0) is 17.8 Å². The first kappa shape index (κ1) is 17.8. The molecule has 6 heteroatoms. The second-order valence-corrected chi connectivity index (χ2v) is 7.79. The Hall–Kier alpha value is -2.60. The fourth-order valence-corrected chi connectivity index (χ4v) is 3.99. The van der Waals surface area contributed by atoms with Gasteiger partial charge < -0.3 is 14.1 Å². The van der Waals surface area contributed by atoms with Crippen LogP contribution in [0.5, 0.6) is 5.75 Å². The number of aromatic nitrogens is 1. The Morgan fingerprint density at radius 3 is 2.96 bits per heavy atom. The lowest BCUT2D eigenvalue weighted by Crippen LogP contribution is -2.30. The van der Waals surface area contributed by atoms with E-state index in [0.717, 1.165) is 41.7 Å². The van der Waals surface area contributed by atoms with Crippen LogP contribution in [-0.4, -0.2) is 28.9 Å². The molecule has 0 radical (unpaired) electrons. The van der Waals surface area contributed by atoms with Crippen molar-refractivity contribution in [1.29, 1.82) is 0 Å². The van der Waals surface area contributed by atoms with Gasteiger partial charge in [-0.3, -0.25) is 4.79 Å². The standard InChI is InChI=1S/C21H22N2O3S/c1-15-4-6-18(7-5-15)26-13-20-22-17(14-27-20)11-21(24)23-9-8-16(12-23)19-3-2-10-25-19/h2-7,10,14,16H,8-9,11-13H2,1H3. The number of nitrogens with zero attached hydrogens (tertiary/aromatic N) is 2. The molecule has 0 spiro atoms. The van der Waals surface area contributed by atoms with E-state index in [1.165, 1.54) is 16.9 Å². The SMILES string of the molecule is Cc1ccc(OCc2nc(CC(=O)N3CCC(c4ccco4)C3)cs2)cc1. The summed E-state index contributed by atoms with van der Waals surface area (Å²) in [6, 6.07) is 11.8. The number of rotatable bonds is 6. The topological polar surface area (TPSA) is 55.6 Å². The molecule has 0 bridgehead atoms. The third kappa shape index (κ3) is 4.39. The summed E-state index contributed by atoms with van der Waals surface area (Å²) in [5.74, 6) is 2.22. The monoisotopic (exact) mass is 382 g/mol. The highest BCUT2D eigenvalue weighted by Crippen LogP contribution is 2.28. The number of benzene rings is 1. The molecular formula is C21H22N2O3S. The third-order valence-electron chi connectivity index (χ3n) is 4.80. The summed E-state index contributed by atoms with van der Waals surface area (Å²) >= 11 is 1.53. The molecule has 140 valence electrons. The molecule has 1 aromatic carbocycles. The Morgan fingerprint density at radius 1 is 1.33 bits per heavy atom. The largest absolute Gasteiger partial charge is 0.486 e. The van der Waals surface area contributed by atoms with Crippen LogP contribution < -0.4 is 4.74 Å². The molecule has 3 heterocycles. The van der Waals surface area contributed by atoms with E-state index in [9.17, 15) is 4.79 Å². The number of amides is 1. The molecule has 4 rings (SSSR count). The zero-order valence-corrected chi connectivity index (χ0v) is 16.1. The number of hydrogen-bond donors (Lipinski definition) is 0. The number of carbonyl (C=O) groups is 1. The van der Waals surface area contributed by atoms with Gasteiger partial charge in [-0.25, -0.2) is 4.98 Å². The van der Waals surface area contributed by atoms with Gasteiger partial charge in [0.2, 0.25) is 5.91 Å². The lowest BCUT2D eigenvalue weighted by Gasteiger charge is -2.15. The molecule has 1 aliphatic heterocycles. The molecule has 1 amide bonds. The van der Waals surface area contributed by atoms with Crippen molar-refractivity contribution in [3.63, 3.8) is 0 Å². The quantitative estimate of drug-likeness (QED) is 0.642. The van der Waals surface area contributed by atoms with Crippen LogP contribution in [0.4, 0.5) is 0 Å². The van der Waals surface area contributed by atoms with Gasteiger partial charge in [0.25, 0.3) is 0 Å². The van der Waals surface area contributed by atoms with E-state index in [1.54, 1.807) is 6.26 Å². The minimum atomic E-state index is 0.125. The van der Waals surface area contributed by atoms with E-state index in [1.807, 2.05) is 53.6 Å². The van der Waals surface area contributed by atoms with Crippen molar-refractivity contribution in [1.82, 2.24) is 9.88 Å². The summed E-state index contributed by atoms with van der Waals surface area (Å²) in [6.45, 7) is 3.97. The van der Waals surface area contributed by atoms with E-state index in [0.29, 0.717) is 18.9 Å². The molecule has 1 aliphatic rings. The smallest absolute Gasteiger partial charge is 0.228 e. The number of ether oxygens (including phenoxy) is 1. The number of hydrogen-bond acceptors (Lipinski definition) is 5. The molecule has 0 aliphatic carbocycles. The van der Waals surface area contributed by atoms with Crippen LogP contribution in [0.1, 0.15) is 34.4 Å². The van der Waals surface area contributed by atoms with Gasteiger partial charge in [-0.05, 0) is 37.6 Å². The third-order valence-corrected chi connectivity index (χ3v) is 5.67. The number of carbonyl (C=O) groups excluding carboxylic acids is 1. The Morgan fingerprint density at radius 2 is 2.19 bits per heavy atom. The predicted molar refractivity (Wildman–Crippen MR) is 104 cm³/mol. The van der Waals surface area contributed by atoms with Crippen LogP contribution in [0.15, 0.2) is 52.5 Å². The van der Waals surface area contributed by atoms with Crippen molar-refractivity contribution in [2.24, 2.45) is 0 Å². The predicted octanol–water partition coefficient (Wildman–Crippen LogP) is 4.18. The fraction of sp³-hybridized carbons (Fsp3) is 0.333. The Balaban J connectivity index is 1.28. The van der Waals surface area contributed by atoms with Crippen LogP contribution in [0.25, 0.3) is 0 Å². The molecule has 0 N–H and O–H groups in total. The van der Waals surface area contributed by atoms with Gasteiger partial charge in [-0.1, -0.05) is 17.7 Å². The average molecular weight is 382 g/mol. The second kappa shape index (κ2) is 7.96. The highest BCUT2D eigenvalue weighted by molar-refractivity contribution is 7.09. The van der Waals surface area contributed by atoms with Gasteiger partial charge in [0, 0.05) is 24.4 Å². The van der Waals surface area contributed by atoms with Gasteiger partial charge in [0.05, 0.1) is 18.4 Å². The average Bonchev–Trinajstić information content (AvgIpc) is 3.42. The minimum absolute atomic E-state index is 0.125. The van der Waals surface area contributed by atoms with E-state index in [2.05, 4.69) is 4.98 Å². The van der Waals surface area contributed by atoms with Crippen LogP contribution in [0.2, 0.25) is 0 Å². The first-order valence-corrected chi connectivity index (χ1v) is 9.99. The van der Waals surface area contributed by atoms with E-state index >= 15 is 0 Å². The molecule has 2 aromatic heterocycles. The van der Waals surface area contributed by atoms with Gasteiger partial charge in [0.15, 0.2) is 0 Å². The van der Waals surface area contributed by atoms with Crippen LogP contribution in [0.3, 0.4) is 0 Å². The maximum absolute atomic E-state index is 12.6. The molecule has 1 atom stereocenters. The number of likely N-dealkylation sites (tertiary alicyclic amines) is 1. The number of furan rings is 1. The maximum Gasteiger partial charge on any atom is 0.228 e. The molecule has 27 heavy (non-hydrogen) atoms. The van der Waals surface area contributed by atoms with E-state index < -0.39 is 0 Å². The number of aryl methyl sites for hydroxylation is 1. The first-order chi connectivity index (χ1) is 13.2. The minimum Gasteiger partial charge on any atom is -0.486 e. The summed E-state index contributed by atoms with van der Waals surface area (Å²) in [6.07, 6.45) is 2.98. The normalized spacial score (nSPS) is 16.6. The van der Waals surface area contributed by atoms with Crippen LogP contribution in [0, 0.1) is 6.92 Å². The van der Waals surface area contributed by atoms with Crippen molar-refractivity contribution < 1.29 is 13.9 Å². The molecule has 0 saturated carbocycles. The van der Waals surface area contributed by atoms with Crippen molar-refractivity contribution in [3.05, 3.63) is 70.1 Å². The highest BCUT2D eigenvalue weighted by atomic mass is 32.1. The van der Waals surface area contributed by atoms with Crippen molar-refractivity contribution in [3.8, 4) is 5.75 Å². The second-order valence-electron chi connectivity index (χ2n) is 6.85. The molecule has 1 fully saturated rings. The summed E-state index contributed by atoms with van der Waals surface area (Å²) in [5.41, 5.74) is 2.02. The summed E-state index contributed by atoms with van der Waals surface area (Å²) < 4.78 is 11.2. The van der Waals surface area contributed by atoms with Crippen molar-refractivity contribution in [2.45, 2.75) is 32.3 Å². The summed E-state index contributed by atoms with van der Waals surface area (Å²) in [5, 5.41) is 2.83. The summed E-state index contributed by atoms with van der Waals surface area (Å²) in [7, 11) is 0.